The fourth-order valence-electron chi connectivity index (χ4n) is 1.81. The average Bonchev–Trinajstić information content (AvgIpc) is 2.72. The summed E-state index contributed by atoms with van der Waals surface area (Å²) in [4.78, 5) is 26.1. The van der Waals surface area contributed by atoms with Crippen LogP contribution in [0.2, 0.25) is 0 Å². The van der Waals surface area contributed by atoms with Crippen molar-refractivity contribution in [3.05, 3.63) is 41.9 Å². The molecule has 2 aromatic rings. The quantitative estimate of drug-likeness (QED) is 0.880. The Morgan fingerprint density at radius 1 is 1.32 bits per heavy atom. The molecule has 6 heteroatoms. The Morgan fingerprint density at radius 2 is 2.00 bits per heavy atom. The molecule has 0 bridgehead atoms. The van der Waals surface area contributed by atoms with Crippen LogP contribution in [0.25, 0.3) is 5.69 Å². The highest BCUT2D eigenvalue weighted by molar-refractivity contribution is 5.97. The van der Waals surface area contributed by atoms with Crippen LogP contribution < -0.4 is 5.32 Å². The maximum absolute atomic E-state index is 11.2. The van der Waals surface area contributed by atoms with Crippen molar-refractivity contribution in [2.45, 2.75) is 13.8 Å². The van der Waals surface area contributed by atoms with Gasteiger partial charge in [-0.2, -0.15) is 0 Å². The van der Waals surface area contributed by atoms with Gasteiger partial charge in [-0.25, -0.2) is 9.78 Å². The Hall–Kier alpha value is -2.63. The molecule has 6 nitrogen and oxygen atoms in total. The number of carbonyl (C=O) groups is 2. The second-order valence-electron chi connectivity index (χ2n) is 4.08. The SMILES string of the molecule is CC(=O)Nc1c(C(=O)O)ncn1-c1ccccc1C. The highest BCUT2D eigenvalue weighted by atomic mass is 16.4. The van der Waals surface area contributed by atoms with Crippen molar-refractivity contribution in [1.29, 1.82) is 0 Å². The van der Waals surface area contributed by atoms with Gasteiger partial charge in [-0.1, -0.05) is 18.2 Å². The number of hydrogen-bond acceptors (Lipinski definition) is 3. The molecule has 98 valence electrons. The third-order valence-corrected chi connectivity index (χ3v) is 2.64. The van der Waals surface area contributed by atoms with Gasteiger partial charge < -0.3 is 10.4 Å². The van der Waals surface area contributed by atoms with Gasteiger partial charge in [0.05, 0.1) is 5.69 Å². The highest BCUT2D eigenvalue weighted by Crippen LogP contribution is 2.22. The zero-order chi connectivity index (χ0) is 14.0. The van der Waals surface area contributed by atoms with Gasteiger partial charge in [-0.15, -0.1) is 0 Å². The lowest BCUT2D eigenvalue weighted by Crippen LogP contribution is -2.14. The minimum atomic E-state index is -1.18. The van der Waals surface area contributed by atoms with Crippen molar-refractivity contribution in [1.82, 2.24) is 9.55 Å². The molecule has 1 aromatic carbocycles. The van der Waals surface area contributed by atoms with Gasteiger partial charge in [-0.3, -0.25) is 9.36 Å². The van der Waals surface area contributed by atoms with Crippen LogP contribution in [0.15, 0.2) is 30.6 Å². The van der Waals surface area contributed by atoms with E-state index in [9.17, 15) is 9.59 Å². The molecule has 19 heavy (non-hydrogen) atoms. The lowest BCUT2D eigenvalue weighted by Gasteiger charge is -2.11. The molecule has 0 atom stereocenters. The number of aromatic carboxylic acids is 1. The monoisotopic (exact) mass is 259 g/mol. The van der Waals surface area contributed by atoms with E-state index >= 15 is 0 Å². The summed E-state index contributed by atoms with van der Waals surface area (Å²) in [6, 6.07) is 7.44. The molecular weight excluding hydrogens is 246 g/mol. The highest BCUT2D eigenvalue weighted by Gasteiger charge is 2.19. The van der Waals surface area contributed by atoms with Gasteiger partial charge in [0, 0.05) is 6.92 Å². The van der Waals surface area contributed by atoms with Crippen molar-refractivity contribution < 1.29 is 14.7 Å². The summed E-state index contributed by atoms with van der Waals surface area (Å²) < 4.78 is 1.56. The van der Waals surface area contributed by atoms with Crippen LogP contribution in [-0.2, 0) is 4.79 Å². The first-order chi connectivity index (χ1) is 9.00. The van der Waals surface area contributed by atoms with Crippen molar-refractivity contribution in [3.63, 3.8) is 0 Å². The molecule has 0 saturated carbocycles. The van der Waals surface area contributed by atoms with Gasteiger partial charge in [0.15, 0.2) is 11.5 Å². The summed E-state index contributed by atoms with van der Waals surface area (Å²) in [6.07, 6.45) is 1.39. The number of aryl methyl sites for hydroxylation is 1. The first-order valence-electron chi connectivity index (χ1n) is 5.65. The summed E-state index contributed by atoms with van der Waals surface area (Å²) >= 11 is 0. The third-order valence-electron chi connectivity index (χ3n) is 2.64. The van der Waals surface area contributed by atoms with Gasteiger partial charge in [0.2, 0.25) is 5.91 Å². The summed E-state index contributed by atoms with van der Waals surface area (Å²) in [5, 5.41) is 11.6. The third kappa shape index (κ3) is 2.47. The molecule has 2 N–H and O–H groups in total. The van der Waals surface area contributed by atoms with E-state index in [1.807, 2.05) is 31.2 Å². The van der Waals surface area contributed by atoms with E-state index in [0.717, 1.165) is 11.3 Å². The first-order valence-corrected chi connectivity index (χ1v) is 5.65. The minimum absolute atomic E-state index is 0.161. The second-order valence-corrected chi connectivity index (χ2v) is 4.08. The van der Waals surface area contributed by atoms with Gasteiger partial charge in [-0.05, 0) is 18.6 Å². The van der Waals surface area contributed by atoms with Crippen LogP contribution in [0, 0.1) is 6.92 Å². The van der Waals surface area contributed by atoms with Crippen LogP contribution in [0.5, 0.6) is 0 Å². The second kappa shape index (κ2) is 4.93. The van der Waals surface area contributed by atoms with E-state index in [-0.39, 0.29) is 17.4 Å². The van der Waals surface area contributed by atoms with E-state index in [1.54, 1.807) is 4.57 Å². The van der Waals surface area contributed by atoms with E-state index in [0.29, 0.717) is 0 Å². The van der Waals surface area contributed by atoms with Crippen LogP contribution >= 0.6 is 0 Å². The Morgan fingerprint density at radius 3 is 2.58 bits per heavy atom. The number of carboxylic acid groups (broad SMARTS) is 1. The summed E-state index contributed by atoms with van der Waals surface area (Å²) in [6.45, 7) is 3.22. The van der Waals surface area contributed by atoms with Crippen LogP contribution in [0.1, 0.15) is 23.0 Å². The lowest BCUT2D eigenvalue weighted by atomic mass is 10.2. The fourth-order valence-corrected chi connectivity index (χ4v) is 1.81. The topological polar surface area (TPSA) is 84.2 Å². The van der Waals surface area contributed by atoms with Crippen LogP contribution in [0.4, 0.5) is 5.82 Å². The zero-order valence-electron chi connectivity index (χ0n) is 10.5. The van der Waals surface area contributed by atoms with Crippen molar-refractivity contribution >= 4 is 17.7 Å². The number of benzene rings is 1. The summed E-state index contributed by atoms with van der Waals surface area (Å²) in [7, 11) is 0. The molecule has 0 spiro atoms. The number of hydrogen-bond donors (Lipinski definition) is 2. The molecule has 0 saturated heterocycles. The molecule has 0 aliphatic rings. The molecule has 0 fully saturated rings. The normalized spacial score (nSPS) is 10.2. The van der Waals surface area contributed by atoms with E-state index in [2.05, 4.69) is 10.3 Å². The van der Waals surface area contributed by atoms with Crippen LogP contribution in [-0.4, -0.2) is 26.5 Å². The largest absolute Gasteiger partial charge is 0.476 e. The number of amides is 1. The molecular formula is C13H13N3O3. The molecule has 2 rings (SSSR count). The molecule has 0 aliphatic heterocycles. The number of para-hydroxylation sites is 1. The molecule has 1 amide bonds. The molecule has 1 heterocycles. The van der Waals surface area contributed by atoms with Crippen molar-refractivity contribution in [2.75, 3.05) is 5.32 Å². The maximum atomic E-state index is 11.2. The Labute approximate surface area is 109 Å². The number of carboxylic acids is 1. The predicted octanol–water partition coefficient (Wildman–Crippen LogP) is 1.84. The lowest BCUT2D eigenvalue weighted by molar-refractivity contribution is -0.114. The number of imidazole rings is 1. The van der Waals surface area contributed by atoms with Gasteiger partial charge in [0.1, 0.15) is 6.33 Å². The van der Waals surface area contributed by atoms with Crippen LogP contribution in [0.3, 0.4) is 0 Å². The Balaban J connectivity index is 2.61. The summed E-state index contributed by atoms with van der Waals surface area (Å²) in [5.74, 6) is -1.37. The average molecular weight is 259 g/mol. The molecule has 0 aliphatic carbocycles. The number of anilines is 1. The first kappa shape index (κ1) is 12.8. The number of nitrogens with one attached hydrogen (secondary N) is 1. The van der Waals surface area contributed by atoms with E-state index in [1.165, 1.54) is 13.3 Å². The Kier molecular flexibility index (Phi) is 3.33. The fraction of sp³-hybridized carbons (Fsp3) is 0.154. The smallest absolute Gasteiger partial charge is 0.358 e. The molecule has 1 aromatic heterocycles. The maximum Gasteiger partial charge on any atom is 0.358 e. The number of nitrogens with zero attached hydrogens (tertiary/aromatic N) is 2. The molecule has 0 radical (unpaired) electrons. The number of aromatic nitrogens is 2. The van der Waals surface area contributed by atoms with Crippen molar-refractivity contribution in [2.24, 2.45) is 0 Å². The summed E-state index contributed by atoms with van der Waals surface area (Å²) in [5.41, 5.74) is 1.54. The van der Waals surface area contributed by atoms with E-state index < -0.39 is 5.97 Å². The number of carbonyl (C=O) groups excluding carboxylic acids is 1. The van der Waals surface area contributed by atoms with Crippen molar-refractivity contribution in [3.8, 4) is 5.69 Å². The predicted molar refractivity (Wildman–Crippen MR) is 69.6 cm³/mol. The Bertz CT molecular complexity index is 646. The minimum Gasteiger partial charge on any atom is -0.476 e. The van der Waals surface area contributed by atoms with Gasteiger partial charge in [0.25, 0.3) is 0 Å². The zero-order valence-corrected chi connectivity index (χ0v) is 10.5. The molecule has 0 unspecified atom stereocenters. The number of rotatable bonds is 3. The van der Waals surface area contributed by atoms with E-state index in [4.69, 9.17) is 5.11 Å². The standard InChI is InChI=1S/C13H13N3O3/c1-8-5-3-4-6-10(8)16-7-14-11(13(18)19)12(16)15-9(2)17/h3-7H,1-2H3,(H,15,17)(H,18,19). The van der Waals surface area contributed by atoms with Gasteiger partial charge >= 0.3 is 5.97 Å².